The Labute approximate surface area is 106 Å². The van der Waals surface area contributed by atoms with Gasteiger partial charge in [0.25, 0.3) is 0 Å². The molecule has 0 aromatic heterocycles. The van der Waals surface area contributed by atoms with Crippen molar-refractivity contribution in [3.8, 4) is 0 Å². The predicted molar refractivity (Wildman–Crippen MR) is 63.5 cm³/mol. The Kier molecular flexibility index (Phi) is 5.42. The number of hydrogen-bond acceptors (Lipinski definition) is 3. The van der Waals surface area contributed by atoms with Crippen LogP contribution < -0.4 is 5.73 Å². The molecule has 0 saturated heterocycles. The van der Waals surface area contributed by atoms with E-state index in [0.717, 1.165) is 4.90 Å². The molecule has 0 saturated carbocycles. The number of thioether (sulfide) groups is 1. The molecule has 96 valence electrons. The Morgan fingerprint density at radius 3 is 2.71 bits per heavy atom. The molecule has 2 N–H and O–H groups in total. The fraction of sp³-hybridized carbons (Fsp3) is 0.400. The zero-order chi connectivity index (χ0) is 12.9. The predicted octanol–water partition coefficient (Wildman–Crippen LogP) is 3.59. The maximum absolute atomic E-state index is 11.8. The van der Waals surface area contributed by atoms with Crippen LogP contribution in [-0.4, -0.2) is 25.1 Å². The number of hydrogen-bond donors (Lipinski definition) is 1. The molecule has 0 radical (unpaired) electrons. The number of anilines is 1. The lowest BCUT2D eigenvalue weighted by molar-refractivity contribution is -0.172. The van der Waals surface area contributed by atoms with Crippen LogP contribution in [-0.2, 0) is 4.74 Å². The summed E-state index contributed by atoms with van der Waals surface area (Å²) in [4.78, 5) is 0.744. The van der Waals surface area contributed by atoms with Crippen molar-refractivity contribution in [2.75, 3.05) is 24.7 Å². The van der Waals surface area contributed by atoms with Gasteiger partial charge < -0.3 is 10.5 Å². The zero-order valence-electron chi connectivity index (χ0n) is 8.76. The highest BCUT2D eigenvalue weighted by molar-refractivity contribution is 7.99. The topological polar surface area (TPSA) is 35.2 Å². The minimum atomic E-state index is -4.28. The summed E-state index contributed by atoms with van der Waals surface area (Å²) in [5.74, 6) is 0.390. The number of halogens is 4. The third-order valence-corrected chi connectivity index (χ3v) is 3.00. The standard InChI is InChI=1S/C10H11ClF3NOS/c11-7-1-2-8(15)9(5-7)17-4-3-16-6-10(12,13)14/h1-2,5H,3-4,6,15H2. The van der Waals surface area contributed by atoms with Crippen LogP contribution in [0.3, 0.4) is 0 Å². The van der Waals surface area contributed by atoms with Crippen molar-refractivity contribution in [2.45, 2.75) is 11.1 Å². The Morgan fingerprint density at radius 1 is 1.35 bits per heavy atom. The molecule has 0 heterocycles. The molecule has 0 spiro atoms. The molecule has 0 aliphatic carbocycles. The van der Waals surface area contributed by atoms with Gasteiger partial charge in [-0.25, -0.2) is 0 Å². The molecule has 1 aromatic rings. The van der Waals surface area contributed by atoms with Crippen molar-refractivity contribution >= 4 is 29.1 Å². The molecular weight excluding hydrogens is 275 g/mol. The first-order chi connectivity index (χ1) is 7.88. The van der Waals surface area contributed by atoms with E-state index in [0.29, 0.717) is 16.5 Å². The van der Waals surface area contributed by atoms with E-state index in [4.69, 9.17) is 17.3 Å². The first-order valence-electron chi connectivity index (χ1n) is 4.71. The van der Waals surface area contributed by atoms with Gasteiger partial charge in [0.2, 0.25) is 0 Å². The number of ether oxygens (including phenoxy) is 1. The minimum absolute atomic E-state index is 0.0100. The molecule has 1 rings (SSSR count). The molecule has 2 nitrogen and oxygen atoms in total. The second-order valence-electron chi connectivity index (χ2n) is 3.20. The molecule has 0 fully saturated rings. The van der Waals surface area contributed by atoms with Crippen LogP contribution in [0.2, 0.25) is 5.02 Å². The van der Waals surface area contributed by atoms with Crippen LogP contribution in [0, 0.1) is 0 Å². The summed E-state index contributed by atoms with van der Waals surface area (Å²) in [7, 11) is 0. The van der Waals surface area contributed by atoms with Crippen LogP contribution >= 0.6 is 23.4 Å². The average molecular weight is 286 g/mol. The molecule has 0 bridgehead atoms. The normalized spacial score (nSPS) is 11.8. The van der Waals surface area contributed by atoms with E-state index in [1.165, 1.54) is 11.8 Å². The summed E-state index contributed by atoms with van der Waals surface area (Å²) >= 11 is 7.08. The minimum Gasteiger partial charge on any atom is -0.398 e. The highest BCUT2D eigenvalue weighted by atomic mass is 35.5. The number of rotatable bonds is 5. The Hall–Kier alpha value is -0.590. The molecular formula is C10H11ClF3NOS. The molecule has 0 amide bonds. The summed E-state index contributed by atoms with van der Waals surface area (Å²) in [5.41, 5.74) is 6.22. The van der Waals surface area contributed by atoms with Gasteiger partial charge in [0.15, 0.2) is 0 Å². The zero-order valence-corrected chi connectivity index (χ0v) is 10.3. The van der Waals surface area contributed by atoms with Gasteiger partial charge in [0, 0.05) is 21.4 Å². The largest absolute Gasteiger partial charge is 0.411 e. The van der Waals surface area contributed by atoms with Gasteiger partial charge >= 0.3 is 6.18 Å². The van der Waals surface area contributed by atoms with Crippen LogP contribution in [0.25, 0.3) is 0 Å². The molecule has 0 aliphatic rings. The van der Waals surface area contributed by atoms with Crippen LogP contribution in [0.1, 0.15) is 0 Å². The average Bonchev–Trinajstić information content (AvgIpc) is 2.21. The second kappa shape index (κ2) is 6.37. The van der Waals surface area contributed by atoms with Crippen molar-refractivity contribution in [3.05, 3.63) is 23.2 Å². The summed E-state index contributed by atoms with van der Waals surface area (Å²) in [6, 6.07) is 4.98. The molecule has 0 unspecified atom stereocenters. The Bertz CT molecular complexity index is 373. The lowest BCUT2D eigenvalue weighted by Crippen LogP contribution is -2.17. The van der Waals surface area contributed by atoms with Gasteiger partial charge in [-0.15, -0.1) is 11.8 Å². The number of benzene rings is 1. The summed E-state index contributed by atoms with van der Waals surface area (Å²) in [5, 5.41) is 0.540. The second-order valence-corrected chi connectivity index (χ2v) is 4.77. The van der Waals surface area contributed by atoms with E-state index in [1.54, 1.807) is 18.2 Å². The van der Waals surface area contributed by atoms with Gasteiger partial charge in [-0.2, -0.15) is 13.2 Å². The van der Waals surface area contributed by atoms with E-state index in [9.17, 15) is 13.2 Å². The summed E-state index contributed by atoms with van der Waals surface area (Å²) in [6.45, 7) is -1.21. The smallest absolute Gasteiger partial charge is 0.398 e. The van der Waals surface area contributed by atoms with E-state index < -0.39 is 12.8 Å². The summed E-state index contributed by atoms with van der Waals surface area (Å²) < 4.78 is 39.7. The third kappa shape index (κ3) is 6.05. The molecule has 0 atom stereocenters. The molecule has 17 heavy (non-hydrogen) atoms. The SMILES string of the molecule is Nc1ccc(Cl)cc1SCCOCC(F)(F)F. The Morgan fingerprint density at radius 2 is 2.06 bits per heavy atom. The van der Waals surface area contributed by atoms with Gasteiger partial charge in [-0.1, -0.05) is 11.6 Å². The number of nitrogens with two attached hydrogens (primary N) is 1. The molecule has 1 aromatic carbocycles. The maximum atomic E-state index is 11.8. The first kappa shape index (κ1) is 14.5. The van der Waals surface area contributed by atoms with E-state index in [2.05, 4.69) is 4.74 Å². The highest BCUT2D eigenvalue weighted by Gasteiger charge is 2.27. The number of alkyl halides is 3. The van der Waals surface area contributed by atoms with Crippen LogP contribution in [0.5, 0.6) is 0 Å². The van der Waals surface area contributed by atoms with Gasteiger partial charge in [-0.3, -0.25) is 0 Å². The lowest BCUT2D eigenvalue weighted by atomic mass is 10.3. The molecule has 0 aliphatic heterocycles. The fourth-order valence-corrected chi connectivity index (χ4v) is 2.13. The van der Waals surface area contributed by atoms with Crippen molar-refractivity contribution in [1.29, 1.82) is 0 Å². The van der Waals surface area contributed by atoms with E-state index in [1.807, 2.05) is 0 Å². The first-order valence-corrected chi connectivity index (χ1v) is 6.07. The lowest BCUT2D eigenvalue weighted by Gasteiger charge is -2.08. The van der Waals surface area contributed by atoms with E-state index in [-0.39, 0.29) is 6.61 Å². The van der Waals surface area contributed by atoms with Gasteiger partial charge in [0.1, 0.15) is 6.61 Å². The van der Waals surface area contributed by atoms with Crippen molar-refractivity contribution in [1.82, 2.24) is 0 Å². The van der Waals surface area contributed by atoms with Crippen molar-refractivity contribution < 1.29 is 17.9 Å². The number of nitrogen functional groups attached to an aromatic ring is 1. The Balaban J connectivity index is 2.29. The van der Waals surface area contributed by atoms with E-state index >= 15 is 0 Å². The van der Waals surface area contributed by atoms with Crippen molar-refractivity contribution in [2.24, 2.45) is 0 Å². The van der Waals surface area contributed by atoms with Gasteiger partial charge in [0.05, 0.1) is 6.61 Å². The summed E-state index contributed by atoms with van der Waals surface area (Å²) in [6.07, 6.45) is -4.28. The van der Waals surface area contributed by atoms with Crippen LogP contribution in [0.15, 0.2) is 23.1 Å². The van der Waals surface area contributed by atoms with Gasteiger partial charge in [-0.05, 0) is 18.2 Å². The highest BCUT2D eigenvalue weighted by Crippen LogP contribution is 2.27. The third-order valence-electron chi connectivity index (χ3n) is 1.73. The monoisotopic (exact) mass is 285 g/mol. The fourth-order valence-electron chi connectivity index (χ4n) is 1.03. The molecule has 7 heteroatoms. The quantitative estimate of drug-likeness (QED) is 0.510. The van der Waals surface area contributed by atoms with Crippen LogP contribution in [0.4, 0.5) is 18.9 Å². The van der Waals surface area contributed by atoms with Crippen molar-refractivity contribution in [3.63, 3.8) is 0 Å². The maximum Gasteiger partial charge on any atom is 0.411 e.